The van der Waals surface area contributed by atoms with Gasteiger partial charge in [0.25, 0.3) is 0 Å². The average Bonchev–Trinajstić information content (AvgIpc) is 2.59. The van der Waals surface area contributed by atoms with Gasteiger partial charge in [-0.3, -0.25) is 0 Å². The summed E-state index contributed by atoms with van der Waals surface area (Å²) in [7, 11) is 0. The standard InChI is InChI=1S/C12H26N2/c1-4-7-13-8-5-12(3)14-9-6-11(2)10-14/h11-13H,4-10H2,1-3H3. The first kappa shape index (κ1) is 12.0. The third-order valence-corrected chi connectivity index (χ3v) is 3.24. The molecule has 2 heteroatoms. The number of hydrogen-bond donors (Lipinski definition) is 1. The molecule has 0 aliphatic carbocycles. The van der Waals surface area contributed by atoms with Crippen molar-refractivity contribution in [3.05, 3.63) is 0 Å². The summed E-state index contributed by atoms with van der Waals surface area (Å²) >= 11 is 0. The minimum absolute atomic E-state index is 0.768. The van der Waals surface area contributed by atoms with Crippen LogP contribution in [0.1, 0.15) is 40.0 Å². The molecule has 2 unspecified atom stereocenters. The van der Waals surface area contributed by atoms with Gasteiger partial charge in [-0.25, -0.2) is 0 Å². The van der Waals surface area contributed by atoms with E-state index in [0.717, 1.165) is 12.0 Å². The molecule has 0 spiro atoms. The highest BCUT2D eigenvalue weighted by molar-refractivity contribution is 4.77. The van der Waals surface area contributed by atoms with Crippen molar-refractivity contribution in [2.24, 2.45) is 5.92 Å². The van der Waals surface area contributed by atoms with Gasteiger partial charge in [-0.1, -0.05) is 13.8 Å². The van der Waals surface area contributed by atoms with E-state index in [9.17, 15) is 0 Å². The third-order valence-electron chi connectivity index (χ3n) is 3.24. The molecule has 0 saturated carbocycles. The van der Waals surface area contributed by atoms with Crippen molar-refractivity contribution >= 4 is 0 Å². The van der Waals surface area contributed by atoms with Gasteiger partial charge in [0.05, 0.1) is 0 Å². The second-order valence-electron chi connectivity index (χ2n) is 4.78. The second kappa shape index (κ2) is 6.41. The first-order chi connectivity index (χ1) is 6.74. The summed E-state index contributed by atoms with van der Waals surface area (Å²) in [5.74, 6) is 0.918. The number of likely N-dealkylation sites (tertiary alicyclic amines) is 1. The maximum Gasteiger partial charge on any atom is 0.00791 e. The molecule has 1 heterocycles. The molecule has 1 fully saturated rings. The van der Waals surface area contributed by atoms with Crippen molar-refractivity contribution in [1.82, 2.24) is 10.2 Å². The Kier molecular flexibility index (Phi) is 5.49. The highest BCUT2D eigenvalue weighted by atomic mass is 15.2. The second-order valence-corrected chi connectivity index (χ2v) is 4.78. The molecule has 0 aromatic rings. The van der Waals surface area contributed by atoms with Gasteiger partial charge in [-0.05, 0) is 51.7 Å². The van der Waals surface area contributed by atoms with Crippen LogP contribution in [0.2, 0.25) is 0 Å². The van der Waals surface area contributed by atoms with Gasteiger partial charge in [0, 0.05) is 12.6 Å². The van der Waals surface area contributed by atoms with Gasteiger partial charge < -0.3 is 10.2 Å². The van der Waals surface area contributed by atoms with E-state index in [1.165, 1.54) is 45.4 Å². The predicted molar refractivity (Wildman–Crippen MR) is 62.6 cm³/mol. The maximum atomic E-state index is 3.47. The lowest BCUT2D eigenvalue weighted by atomic mass is 10.2. The summed E-state index contributed by atoms with van der Waals surface area (Å²) in [6.07, 6.45) is 3.94. The number of nitrogens with one attached hydrogen (secondary N) is 1. The van der Waals surface area contributed by atoms with Crippen molar-refractivity contribution in [2.75, 3.05) is 26.2 Å². The van der Waals surface area contributed by atoms with Crippen LogP contribution in [0.25, 0.3) is 0 Å². The molecule has 14 heavy (non-hydrogen) atoms. The molecule has 1 saturated heterocycles. The average molecular weight is 198 g/mol. The predicted octanol–water partition coefficient (Wildman–Crippen LogP) is 2.11. The molecule has 2 nitrogen and oxygen atoms in total. The first-order valence-corrected chi connectivity index (χ1v) is 6.18. The molecule has 1 rings (SSSR count). The fraction of sp³-hybridized carbons (Fsp3) is 1.00. The van der Waals surface area contributed by atoms with Crippen molar-refractivity contribution in [3.63, 3.8) is 0 Å². The Morgan fingerprint density at radius 1 is 1.43 bits per heavy atom. The van der Waals surface area contributed by atoms with Crippen LogP contribution in [0.5, 0.6) is 0 Å². The Hall–Kier alpha value is -0.0800. The Labute approximate surface area is 89.1 Å². The quantitative estimate of drug-likeness (QED) is 0.658. The van der Waals surface area contributed by atoms with Crippen LogP contribution in [0.4, 0.5) is 0 Å². The summed E-state index contributed by atoms with van der Waals surface area (Å²) in [6.45, 7) is 11.9. The molecule has 0 bridgehead atoms. The zero-order valence-corrected chi connectivity index (χ0v) is 10.1. The van der Waals surface area contributed by atoms with Crippen LogP contribution < -0.4 is 5.32 Å². The third kappa shape index (κ3) is 3.97. The first-order valence-electron chi connectivity index (χ1n) is 6.18. The zero-order valence-electron chi connectivity index (χ0n) is 10.1. The number of rotatable bonds is 6. The minimum atomic E-state index is 0.768. The van der Waals surface area contributed by atoms with Gasteiger partial charge in [-0.15, -0.1) is 0 Å². The number of hydrogen-bond acceptors (Lipinski definition) is 2. The Balaban J connectivity index is 2.06. The zero-order chi connectivity index (χ0) is 10.4. The largest absolute Gasteiger partial charge is 0.317 e. The lowest BCUT2D eigenvalue weighted by Gasteiger charge is -2.24. The summed E-state index contributed by atoms with van der Waals surface area (Å²) in [5, 5.41) is 3.47. The van der Waals surface area contributed by atoms with Crippen LogP contribution in [-0.4, -0.2) is 37.1 Å². The monoisotopic (exact) mass is 198 g/mol. The normalized spacial score (nSPS) is 25.5. The summed E-state index contributed by atoms with van der Waals surface area (Å²) in [5.41, 5.74) is 0. The lowest BCUT2D eigenvalue weighted by molar-refractivity contribution is 0.238. The van der Waals surface area contributed by atoms with Crippen LogP contribution in [0.15, 0.2) is 0 Å². The maximum absolute atomic E-state index is 3.47. The fourth-order valence-electron chi connectivity index (χ4n) is 2.16. The Bertz CT molecular complexity index is 147. The highest BCUT2D eigenvalue weighted by Gasteiger charge is 2.22. The molecular weight excluding hydrogens is 172 g/mol. The molecule has 1 aliphatic heterocycles. The van der Waals surface area contributed by atoms with E-state index in [2.05, 4.69) is 31.0 Å². The molecule has 2 atom stereocenters. The van der Waals surface area contributed by atoms with Gasteiger partial charge >= 0.3 is 0 Å². The van der Waals surface area contributed by atoms with Crippen LogP contribution in [-0.2, 0) is 0 Å². The number of nitrogens with zero attached hydrogens (tertiary/aromatic N) is 1. The molecule has 84 valence electrons. The molecule has 1 aliphatic rings. The van der Waals surface area contributed by atoms with E-state index >= 15 is 0 Å². The van der Waals surface area contributed by atoms with Crippen molar-refractivity contribution < 1.29 is 0 Å². The molecule has 0 radical (unpaired) electrons. The van der Waals surface area contributed by atoms with Crippen LogP contribution in [0.3, 0.4) is 0 Å². The molecule has 1 N–H and O–H groups in total. The van der Waals surface area contributed by atoms with Crippen LogP contribution in [0, 0.1) is 5.92 Å². The van der Waals surface area contributed by atoms with Crippen LogP contribution >= 0.6 is 0 Å². The summed E-state index contributed by atoms with van der Waals surface area (Å²) in [6, 6.07) is 0.768. The molecule has 0 aromatic heterocycles. The highest BCUT2D eigenvalue weighted by Crippen LogP contribution is 2.18. The Morgan fingerprint density at radius 2 is 2.21 bits per heavy atom. The van der Waals surface area contributed by atoms with E-state index < -0.39 is 0 Å². The van der Waals surface area contributed by atoms with Gasteiger partial charge in [0.15, 0.2) is 0 Å². The van der Waals surface area contributed by atoms with E-state index in [0.29, 0.717) is 0 Å². The van der Waals surface area contributed by atoms with Crippen molar-refractivity contribution in [1.29, 1.82) is 0 Å². The molecule has 0 amide bonds. The van der Waals surface area contributed by atoms with Crippen molar-refractivity contribution in [3.8, 4) is 0 Å². The van der Waals surface area contributed by atoms with E-state index in [4.69, 9.17) is 0 Å². The van der Waals surface area contributed by atoms with Gasteiger partial charge in [0.2, 0.25) is 0 Å². The summed E-state index contributed by atoms with van der Waals surface area (Å²) < 4.78 is 0. The lowest BCUT2D eigenvalue weighted by Crippen LogP contribution is -2.33. The fourth-order valence-corrected chi connectivity index (χ4v) is 2.16. The van der Waals surface area contributed by atoms with E-state index in [-0.39, 0.29) is 0 Å². The minimum Gasteiger partial charge on any atom is -0.317 e. The van der Waals surface area contributed by atoms with Crippen molar-refractivity contribution in [2.45, 2.75) is 46.1 Å². The topological polar surface area (TPSA) is 15.3 Å². The van der Waals surface area contributed by atoms with E-state index in [1.807, 2.05) is 0 Å². The van der Waals surface area contributed by atoms with E-state index in [1.54, 1.807) is 0 Å². The molecular formula is C12H26N2. The summed E-state index contributed by atoms with van der Waals surface area (Å²) in [4.78, 5) is 2.64. The van der Waals surface area contributed by atoms with Gasteiger partial charge in [-0.2, -0.15) is 0 Å². The Morgan fingerprint density at radius 3 is 2.79 bits per heavy atom. The molecule has 0 aromatic carbocycles. The smallest absolute Gasteiger partial charge is 0.00791 e. The van der Waals surface area contributed by atoms with Gasteiger partial charge in [0.1, 0.15) is 0 Å². The SMILES string of the molecule is CCCNCCC(C)N1CCC(C)C1.